The van der Waals surface area contributed by atoms with Gasteiger partial charge in [-0.15, -0.1) is 31.4 Å². The number of amides is 1. The van der Waals surface area contributed by atoms with E-state index in [1.165, 1.54) is 29.9 Å². The van der Waals surface area contributed by atoms with E-state index in [0.29, 0.717) is 21.2 Å². The number of hydrogen-bond donors (Lipinski definition) is 2. The second-order valence-electron chi connectivity index (χ2n) is 9.84. The molecule has 2 heterocycles. The highest BCUT2D eigenvalue weighted by atomic mass is 32.2. The van der Waals surface area contributed by atoms with Crippen molar-refractivity contribution < 1.29 is 54.1 Å². The third-order valence-corrected chi connectivity index (χ3v) is 9.64. The Morgan fingerprint density at radius 2 is 1.62 bits per heavy atom. The van der Waals surface area contributed by atoms with Gasteiger partial charge in [-0.05, 0) is 55.0 Å². The number of alkyl halides is 6. The molecular weight excluding hydrogens is 682 g/mol. The number of sulfonamides is 1. The van der Waals surface area contributed by atoms with Crippen molar-refractivity contribution in [1.29, 1.82) is 0 Å². The predicted octanol–water partition coefficient (Wildman–Crippen LogP) is 3.32. The number of hydrogen-bond acceptors (Lipinski definition) is 10. The summed E-state index contributed by atoms with van der Waals surface area (Å²) < 4.78 is 113. The molecule has 256 valence electrons. The Morgan fingerprint density at radius 1 is 1.04 bits per heavy atom. The number of aromatic nitrogens is 2. The number of ether oxygens (including phenoxy) is 2. The maximum absolute atomic E-state index is 13.7. The van der Waals surface area contributed by atoms with Gasteiger partial charge in [-0.25, -0.2) is 13.1 Å². The monoisotopic (exact) mass is 710 g/mol. The fourth-order valence-electron chi connectivity index (χ4n) is 4.50. The molecule has 1 fully saturated rings. The van der Waals surface area contributed by atoms with E-state index in [-0.39, 0.29) is 37.7 Å². The lowest BCUT2D eigenvalue weighted by molar-refractivity contribution is -0.275. The average Bonchev–Trinajstić information content (AvgIpc) is 3.44. The van der Waals surface area contributed by atoms with Crippen LogP contribution in [0.4, 0.5) is 31.5 Å². The minimum Gasteiger partial charge on any atom is -0.406 e. The fourth-order valence-corrected chi connectivity index (χ4v) is 7.01. The number of anilines is 1. The first kappa shape index (κ1) is 35.7. The van der Waals surface area contributed by atoms with Crippen LogP contribution >= 0.6 is 11.3 Å². The van der Waals surface area contributed by atoms with Gasteiger partial charge in [-0.2, -0.15) is 4.31 Å². The van der Waals surface area contributed by atoms with Crippen molar-refractivity contribution in [1.82, 2.24) is 19.4 Å². The van der Waals surface area contributed by atoms with E-state index < -0.39 is 46.2 Å². The Labute approximate surface area is 268 Å². The minimum absolute atomic E-state index is 0.0678. The Kier molecular flexibility index (Phi) is 10.9. The third-order valence-electron chi connectivity index (χ3n) is 6.65. The van der Waals surface area contributed by atoms with Crippen LogP contribution in [0.25, 0.3) is 5.70 Å². The second-order valence-corrected chi connectivity index (χ2v) is 12.7. The van der Waals surface area contributed by atoms with Crippen molar-refractivity contribution in [2.24, 2.45) is 4.99 Å². The molecule has 1 atom stereocenters. The predicted molar refractivity (Wildman–Crippen MR) is 157 cm³/mol. The minimum atomic E-state index is -4.99. The summed E-state index contributed by atoms with van der Waals surface area (Å²) in [7, 11) is -2.91. The van der Waals surface area contributed by atoms with Crippen LogP contribution in [0.5, 0.6) is 11.5 Å². The lowest BCUT2D eigenvalue weighted by Gasteiger charge is -2.39. The first-order chi connectivity index (χ1) is 22.0. The summed E-state index contributed by atoms with van der Waals surface area (Å²) in [4.78, 5) is 19.5. The Bertz CT molecular complexity index is 1760. The number of carbonyl (C=O) groups is 1. The largest absolute Gasteiger partial charge is 0.573 e. The van der Waals surface area contributed by atoms with Crippen LogP contribution in [0.2, 0.25) is 0 Å². The van der Waals surface area contributed by atoms with E-state index >= 15 is 0 Å². The van der Waals surface area contributed by atoms with E-state index in [9.17, 15) is 44.7 Å². The van der Waals surface area contributed by atoms with Crippen molar-refractivity contribution >= 4 is 38.1 Å². The molecule has 0 bridgehead atoms. The molecule has 47 heavy (non-hydrogen) atoms. The number of allylic oxidation sites excluding steroid dienone is 1. The summed E-state index contributed by atoms with van der Waals surface area (Å²) in [5.74, 6) is -1.86. The summed E-state index contributed by atoms with van der Waals surface area (Å²) in [6.07, 6.45) is -8.37. The number of rotatable bonds is 10. The molecule has 2 N–H and O–H groups in total. The van der Waals surface area contributed by atoms with E-state index in [1.807, 2.05) is 0 Å². The van der Waals surface area contributed by atoms with Gasteiger partial charge in [0.15, 0.2) is 0 Å². The SMILES string of the molecule is CN=c1sc(N2CCN(S(=O)(=O)c3ccc(OC(F)(F)F)cc3)[C@@H](C(=O)NCc3ccc(OC(F)(F)F)cc3)C2)nn1/C(C)=C\CO. The molecular formula is C27H28F6N6O6S2. The smallest absolute Gasteiger partial charge is 0.406 e. The molecule has 1 aliphatic heterocycles. The van der Waals surface area contributed by atoms with Crippen molar-refractivity contribution in [3.05, 3.63) is 65.0 Å². The average molecular weight is 711 g/mol. The molecule has 1 aliphatic rings. The highest BCUT2D eigenvalue weighted by molar-refractivity contribution is 7.89. The van der Waals surface area contributed by atoms with E-state index in [4.69, 9.17) is 0 Å². The van der Waals surface area contributed by atoms with E-state index in [2.05, 4.69) is 24.9 Å². The maximum atomic E-state index is 13.7. The highest BCUT2D eigenvalue weighted by Gasteiger charge is 2.41. The van der Waals surface area contributed by atoms with Gasteiger partial charge in [0.05, 0.1) is 11.5 Å². The van der Waals surface area contributed by atoms with Crippen molar-refractivity contribution in [2.45, 2.75) is 37.1 Å². The first-order valence-corrected chi connectivity index (χ1v) is 15.8. The van der Waals surface area contributed by atoms with Gasteiger partial charge in [0.1, 0.15) is 17.5 Å². The molecule has 1 aromatic heterocycles. The van der Waals surface area contributed by atoms with Crippen LogP contribution in [-0.4, -0.2) is 85.6 Å². The molecule has 12 nitrogen and oxygen atoms in total. The second kappa shape index (κ2) is 14.3. The Balaban J connectivity index is 1.61. The summed E-state index contributed by atoms with van der Waals surface area (Å²) in [5, 5.41) is 16.8. The number of carbonyl (C=O) groups excluding carboxylic acids is 1. The van der Waals surface area contributed by atoms with Crippen LogP contribution in [0, 0.1) is 0 Å². The van der Waals surface area contributed by atoms with Crippen LogP contribution in [0.1, 0.15) is 12.5 Å². The number of nitrogens with one attached hydrogen (secondary N) is 1. The number of piperazine rings is 1. The van der Waals surface area contributed by atoms with Crippen LogP contribution < -0.4 is 24.5 Å². The number of halogens is 6. The van der Waals surface area contributed by atoms with Gasteiger partial charge in [0.25, 0.3) is 0 Å². The standard InChI is InChI=1S/C27H28F6N6O6S2/c1-17(11-14-40)39-24(34-2)46-25(36-39)37-12-13-38(47(42,43)21-9-7-20(8-10-21)45-27(31,32)33)22(16-37)23(41)35-15-18-3-5-19(6-4-18)44-26(28,29)30/h3-11,22,40H,12-16H2,1-2H3,(H,35,41)/b17-11-,34-24?/t22-/m1/s1. The molecule has 2 aromatic carbocycles. The molecule has 0 radical (unpaired) electrons. The summed E-state index contributed by atoms with van der Waals surface area (Å²) in [6, 6.07) is 6.85. The van der Waals surface area contributed by atoms with Crippen molar-refractivity contribution in [3.63, 3.8) is 0 Å². The van der Waals surface area contributed by atoms with E-state index in [1.54, 1.807) is 11.8 Å². The van der Waals surface area contributed by atoms with Crippen molar-refractivity contribution in [2.75, 3.05) is 38.2 Å². The molecule has 1 amide bonds. The zero-order chi connectivity index (χ0) is 34.6. The van der Waals surface area contributed by atoms with Crippen LogP contribution in [-0.2, 0) is 21.4 Å². The third kappa shape index (κ3) is 9.24. The Hall–Kier alpha value is -4.14. The number of aliphatic hydroxyl groups excluding tert-OH is 1. The molecule has 20 heteroatoms. The molecule has 1 saturated heterocycles. The van der Waals surface area contributed by atoms with Gasteiger partial charge >= 0.3 is 12.7 Å². The molecule has 0 unspecified atom stereocenters. The lowest BCUT2D eigenvalue weighted by atomic mass is 10.2. The topological polar surface area (TPSA) is 139 Å². The zero-order valence-electron chi connectivity index (χ0n) is 24.6. The zero-order valence-corrected chi connectivity index (χ0v) is 26.3. The molecule has 0 spiro atoms. The van der Waals surface area contributed by atoms with Gasteiger partial charge in [-0.3, -0.25) is 9.79 Å². The van der Waals surface area contributed by atoms with Crippen LogP contribution in [0.15, 0.2) is 64.5 Å². The summed E-state index contributed by atoms with van der Waals surface area (Å²) in [5.41, 5.74) is 0.951. The van der Waals surface area contributed by atoms with Gasteiger partial charge in [-0.1, -0.05) is 23.5 Å². The summed E-state index contributed by atoms with van der Waals surface area (Å²) >= 11 is 1.15. The normalized spacial score (nSPS) is 17.1. The Morgan fingerprint density at radius 3 is 2.15 bits per heavy atom. The maximum Gasteiger partial charge on any atom is 0.573 e. The highest BCUT2D eigenvalue weighted by Crippen LogP contribution is 2.29. The number of nitrogens with zero attached hydrogens (tertiary/aromatic N) is 5. The quantitative estimate of drug-likeness (QED) is 0.306. The number of aliphatic hydroxyl groups is 1. The molecule has 0 saturated carbocycles. The lowest BCUT2D eigenvalue weighted by Crippen LogP contribution is -2.60. The van der Waals surface area contributed by atoms with Crippen molar-refractivity contribution in [3.8, 4) is 11.5 Å². The van der Waals surface area contributed by atoms with E-state index in [0.717, 1.165) is 52.0 Å². The molecule has 3 aromatic rings. The van der Waals surface area contributed by atoms with Gasteiger partial charge in [0.2, 0.25) is 25.9 Å². The van der Waals surface area contributed by atoms with Gasteiger partial charge < -0.3 is 24.8 Å². The van der Waals surface area contributed by atoms with Gasteiger partial charge in [0, 0.05) is 38.9 Å². The molecule has 4 rings (SSSR count). The number of benzene rings is 2. The molecule has 0 aliphatic carbocycles. The fraction of sp³-hybridized carbons (Fsp3) is 0.370. The first-order valence-electron chi connectivity index (χ1n) is 13.6. The van der Waals surface area contributed by atoms with Crippen LogP contribution in [0.3, 0.4) is 0 Å². The summed E-state index contributed by atoms with van der Waals surface area (Å²) in [6.45, 7) is 0.905.